The van der Waals surface area contributed by atoms with E-state index in [9.17, 15) is 0 Å². The summed E-state index contributed by atoms with van der Waals surface area (Å²) in [6, 6.07) is 14.2. The number of pyridine rings is 1. The first kappa shape index (κ1) is 20.4. The lowest BCUT2D eigenvalue weighted by Crippen LogP contribution is -2.32. The number of unbranched alkanes of at least 4 members (excludes halogenated alkanes) is 3. The standard InChI is InChI=1S/C19H26N4.HI/c1-2-3-4-6-13-22-19(20)23-15-16-9-8-10-17(14-16)18-11-5-7-12-21-18;/h5,7-12,14H,2-4,6,13,15H2,1H3,(H3,20,22,23);1H. The van der Waals surface area contributed by atoms with E-state index in [2.05, 4.69) is 40.4 Å². The van der Waals surface area contributed by atoms with Crippen LogP contribution >= 0.6 is 24.0 Å². The van der Waals surface area contributed by atoms with Crippen molar-refractivity contribution in [1.82, 2.24) is 10.3 Å². The molecule has 0 atom stereocenters. The van der Waals surface area contributed by atoms with E-state index in [0.29, 0.717) is 12.5 Å². The molecule has 2 aromatic rings. The van der Waals surface area contributed by atoms with E-state index >= 15 is 0 Å². The summed E-state index contributed by atoms with van der Waals surface area (Å²) in [5, 5.41) is 3.17. The number of guanidine groups is 1. The van der Waals surface area contributed by atoms with Gasteiger partial charge in [-0.2, -0.15) is 0 Å². The molecule has 0 aliphatic heterocycles. The molecule has 0 saturated carbocycles. The molecular weight excluding hydrogens is 411 g/mol. The van der Waals surface area contributed by atoms with Gasteiger partial charge in [0, 0.05) is 18.3 Å². The first-order valence-electron chi connectivity index (χ1n) is 8.33. The van der Waals surface area contributed by atoms with Crippen LogP contribution in [0.1, 0.15) is 38.2 Å². The van der Waals surface area contributed by atoms with Gasteiger partial charge >= 0.3 is 0 Å². The summed E-state index contributed by atoms with van der Waals surface area (Å²) in [6.07, 6.45) is 6.71. The number of benzene rings is 1. The van der Waals surface area contributed by atoms with Crippen LogP contribution in [0.25, 0.3) is 11.3 Å². The fraction of sp³-hybridized carbons (Fsp3) is 0.368. The second kappa shape index (κ2) is 11.8. The molecule has 5 heteroatoms. The van der Waals surface area contributed by atoms with Crippen LogP contribution < -0.4 is 11.1 Å². The maximum atomic E-state index is 5.91. The highest BCUT2D eigenvalue weighted by atomic mass is 127. The lowest BCUT2D eigenvalue weighted by molar-refractivity contribution is 0.652. The number of rotatable bonds is 8. The zero-order valence-electron chi connectivity index (χ0n) is 14.2. The molecule has 1 aromatic heterocycles. The highest BCUT2D eigenvalue weighted by molar-refractivity contribution is 14.0. The van der Waals surface area contributed by atoms with Crippen molar-refractivity contribution in [2.45, 2.75) is 39.2 Å². The number of aliphatic imine (C=N–C) groups is 1. The van der Waals surface area contributed by atoms with E-state index in [4.69, 9.17) is 5.73 Å². The summed E-state index contributed by atoms with van der Waals surface area (Å²) in [5.74, 6) is 0.518. The van der Waals surface area contributed by atoms with Crippen LogP contribution in [0, 0.1) is 0 Å². The van der Waals surface area contributed by atoms with Gasteiger partial charge in [-0.3, -0.25) is 4.98 Å². The predicted molar refractivity (Wildman–Crippen MR) is 113 cm³/mol. The van der Waals surface area contributed by atoms with Crippen LogP contribution in [-0.4, -0.2) is 17.5 Å². The zero-order chi connectivity index (χ0) is 16.3. The van der Waals surface area contributed by atoms with Crippen molar-refractivity contribution in [3.63, 3.8) is 0 Å². The number of aromatic nitrogens is 1. The summed E-state index contributed by atoms with van der Waals surface area (Å²) in [4.78, 5) is 8.79. The predicted octanol–water partition coefficient (Wildman–Crippen LogP) is 4.35. The Morgan fingerprint density at radius 3 is 2.75 bits per heavy atom. The van der Waals surface area contributed by atoms with Crippen molar-refractivity contribution in [2.75, 3.05) is 6.54 Å². The Labute approximate surface area is 162 Å². The van der Waals surface area contributed by atoms with E-state index in [1.807, 2.05) is 24.3 Å². The van der Waals surface area contributed by atoms with Crippen molar-refractivity contribution in [3.8, 4) is 11.3 Å². The summed E-state index contributed by atoms with van der Waals surface area (Å²) >= 11 is 0. The number of nitrogens with two attached hydrogens (primary N) is 1. The van der Waals surface area contributed by atoms with Crippen LogP contribution in [0.2, 0.25) is 0 Å². The van der Waals surface area contributed by atoms with Gasteiger partial charge in [-0.1, -0.05) is 50.5 Å². The Kier molecular flexibility index (Phi) is 10.1. The molecule has 4 nitrogen and oxygen atoms in total. The molecule has 130 valence electrons. The monoisotopic (exact) mass is 438 g/mol. The number of hydrogen-bond acceptors (Lipinski definition) is 2. The molecule has 1 heterocycles. The molecule has 0 radical (unpaired) electrons. The topological polar surface area (TPSA) is 63.3 Å². The second-order valence-corrected chi connectivity index (χ2v) is 5.60. The number of nitrogens with one attached hydrogen (secondary N) is 1. The molecule has 0 saturated heterocycles. The van der Waals surface area contributed by atoms with Crippen LogP contribution in [0.3, 0.4) is 0 Å². The van der Waals surface area contributed by atoms with Gasteiger partial charge < -0.3 is 11.1 Å². The third-order valence-electron chi connectivity index (χ3n) is 3.66. The molecular formula is C19H27IN4. The SMILES string of the molecule is CCCCCCNC(N)=NCc1cccc(-c2ccccn2)c1.I. The molecule has 0 spiro atoms. The Bertz CT molecular complexity index is 614. The van der Waals surface area contributed by atoms with E-state index in [1.54, 1.807) is 6.20 Å². The first-order chi connectivity index (χ1) is 11.3. The molecule has 0 aliphatic carbocycles. The maximum Gasteiger partial charge on any atom is 0.188 e. The summed E-state index contributed by atoms with van der Waals surface area (Å²) < 4.78 is 0. The molecule has 0 unspecified atom stereocenters. The molecule has 0 aliphatic rings. The van der Waals surface area contributed by atoms with Crippen molar-refractivity contribution in [2.24, 2.45) is 10.7 Å². The third kappa shape index (κ3) is 7.29. The Morgan fingerprint density at radius 2 is 2.00 bits per heavy atom. The normalized spacial score (nSPS) is 11.0. The highest BCUT2D eigenvalue weighted by Crippen LogP contribution is 2.18. The molecule has 0 bridgehead atoms. The Hall–Kier alpha value is -1.63. The minimum atomic E-state index is 0. The summed E-state index contributed by atoms with van der Waals surface area (Å²) in [6.45, 7) is 3.68. The molecule has 0 fully saturated rings. The molecule has 24 heavy (non-hydrogen) atoms. The second-order valence-electron chi connectivity index (χ2n) is 5.60. The van der Waals surface area contributed by atoms with E-state index < -0.39 is 0 Å². The van der Waals surface area contributed by atoms with Crippen molar-refractivity contribution < 1.29 is 0 Å². The van der Waals surface area contributed by atoms with Crippen LogP contribution in [-0.2, 0) is 6.54 Å². The Balaban J connectivity index is 0.00000288. The van der Waals surface area contributed by atoms with Gasteiger partial charge in [-0.15, -0.1) is 24.0 Å². The quantitative estimate of drug-likeness (QED) is 0.279. The summed E-state index contributed by atoms with van der Waals surface area (Å²) in [7, 11) is 0. The van der Waals surface area contributed by atoms with Gasteiger partial charge in [0.25, 0.3) is 0 Å². The maximum absolute atomic E-state index is 5.91. The number of nitrogens with zero attached hydrogens (tertiary/aromatic N) is 2. The average Bonchev–Trinajstić information content (AvgIpc) is 2.61. The van der Waals surface area contributed by atoms with Gasteiger partial charge in [0.1, 0.15) is 0 Å². The van der Waals surface area contributed by atoms with E-state index in [1.165, 1.54) is 19.3 Å². The van der Waals surface area contributed by atoms with Gasteiger partial charge in [0.15, 0.2) is 5.96 Å². The van der Waals surface area contributed by atoms with Gasteiger partial charge in [-0.05, 0) is 30.2 Å². The van der Waals surface area contributed by atoms with Crippen molar-refractivity contribution >= 4 is 29.9 Å². The molecule has 1 aromatic carbocycles. The third-order valence-corrected chi connectivity index (χ3v) is 3.66. The number of hydrogen-bond donors (Lipinski definition) is 2. The molecule has 0 amide bonds. The van der Waals surface area contributed by atoms with Gasteiger partial charge in [0.2, 0.25) is 0 Å². The minimum Gasteiger partial charge on any atom is -0.370 e. The van der Waals surface area contributed by atoms with Crippen molar-refractivity contribution in [1.29, 1.82) is 0 Å². The lowest BCUT2D eigenvalue weighted by atomic mass is 10.1. The highest BCUT2D eigenvalue weighted by Gasteiger charge is 2.00. The fourth-order valence-electron chi connectivity index (χ4n) is 2.36. The Morgan fingerprint density at radius 1 is 1.12 bits per heavy atom. The van der Waals surface area contributed by atoms with Gasteiger partial charge in [0.05, 0.1) is 12.2 Å². The van der Waals surface area contributed by atoms with Crippen LogP contribution in [0.5, 0.6) is 0 Å². The van der Waals surface area contributed by atoms with Gasteiger partial charge in [-0.25, -0.2) is 4.99 Å². The minimum absolute atomic E-state index is 0. The van der Waals surface area contributed by atoms with Crippen LogP contribution in [0.4, 0.5) is 0 Å². The number of halogens is 1. The molecule has 2 rings (SSSR count). The fourth-order valence-corrected chi connectivity index (χ4v) is 2.36. The smallest absolute Gasteiger partial charge is 0.188 e. The molecule has 3 N–H and O–H groups in total. The first-order valence-corrected chi connectivity index (χ1v) is 8.33. The van der Waals surface area contributed by atoms with E-state index in [0.717, 1.165) is 29.8 Å². The van der Waals surface area contributed by atoms with Crippen molar-refractivity contribution in [3.05, 3.63) is 54.2 Å². The van der Waals surface area contributed by atoms with Crippen LogP contribution in [0.15, 0.2) is 53.7 Å². The summed E-state index contributed by atoms with van der Waals surface area (Å²) in [5.41, 5.74) is 9.11. The lowest BCUT2D eigenvalue weighted by Gasteiger charge is -2.06. The zero-order valence-corrected chi connectivity index (χ0v) is 16.6. The van der Waals surface area contributed by atoms with E-state index in [-0.39, 0.29) is 24.0 Å². The average molecular weight is 438 g/mol. The largest absolute Gasteiger partial charge is 0.370 e.